The minimum absolute atomic E-state index is 0.347. The monoisotopic (exact) mass is 188 g/mol. The van der Waals surface area contributed by atoms with Crippen LogP contribution in [-0.2, 0) is 7.05 Å². The van der Waals surface area contributed by atoms with Crippen molar-refractivity contribution in [3.63, 3.8) is 0 Å². The molecular weight excluding hydrogens is 178 g/mol. The first-order valence-corrected chi connectivity index (χ1v) is 4.31. The van der Waals surface area contributed by atoms with Crippen molar-refractivity contribution in [2.75, 3.05) is 0 Å². The van der Waals surface area contributed by atoms with Crippen molar-refractivity contribution in [1.82, 2.24) is 4.57 Å². The first kappa shape index (κ1) is 8.81. The molecule has 0 aliphatic rings. The van der Waals surface area contributed by atoms with Crippen molar-refractivity contribution in [3.8, 4) is 0 Å². The Hall–Kier alpha value is -1.77. The maximum Gasteiger partial charge on any atom is 0.352 e. The van der Waals surface area contributed by atoms with Crippen LogP contribution in [0.1, 0.15) is 16.1 Å². The first-order chi connectivity index (χ1) is 6.63. The van der Waals surface area contributed by atoms with Crippen molar-refractivity contribution >= 4 is 16.9 Å². The Morgan fingerprint density at radius 3 is 2.86 bits per heavy atom. The van der Waals surface area contributed by atoms with E-state index in [0.29, 0.717) is 5.69 Å². The van der Waals surface area contributed by atoms with Crippen LogP contribution in [0.25, 0.3) is 10.9 Å². The van der Waals surface area contributed by atoms with E-state index in [1.807, 2.05) is 19.1 Å². The lowest BCUT2D eigenvalue weighted by atomic mass is 10.1. The number of hydrogen-bond donors (Lipinski definition) is 1. The quantitative estimate of drug-likeness (QED) is 0.743. The van der Waals surface area contributed by atoms with E-state index in [1.165, 1.54) is 0 Å². The summed E-state index contributed by atoms with van der Waals surface area (Å²) in [5.41, 5.74) is 2.07. The van der Waals surface area contributed by atoms with E-state index >= 15 is 0 Å². The van der Waals surface area contributed by atoms with E-state index in [1.54, 1.807) is 17.7 Å². The van der Waals surface area contributed by atoms with Crippen LogP contribution in [0.15, 0.2) is 18.2 Å². The number of hydrogen-bond acceptors (Lipinski definition) is 1. The normalized spacial score (nSPS) is 10.7. The van der Waals surface area contributed by atoms with Crippen molar-refractivity contribution in [3.05, 3.63) is 35.5 Å². The van der Waals surface area contributed by atoms with Gasteiger partial charge in [-0.15, -0.1) is 0 Å². The summed E-state index contributed by atoms with van der Waals surface area (Å²) in [6.07, 6.45) is 0. The second kappa shape index (κ2) is 2.87. The van der Waals surface area contributed by atoms with Gasteiger partial charge in [-0.25, -0.2) is 4.79 Å². The lowest BCUT2D eigenvalue weighted by Gasteiger charge is -1.98. The summed E-state index contributed by atoms with van der Waals surface area (Å²) in [7, 11) is 1.76. The number of fused-ring (bicyclic) bond motifs is 1. The Morgan fingerprint density at radius 2 is 2.29 bits per heavy atom. The third-order valence-electron chi connectivity index (χ3n) is 2.50. The molecule has 71 valence electrons. The van der Waals surface area contributed by atoms with Crippen LogP contribution in [0.4, 0.5) is 0 Å². The Kier molecular flexibility index (Phi) is 1.81. The van der Waals surface area contributed by atoms with Crippen molar-refractivity contribution in [1.29, 1.82) is 0 Å². The van der Waals surface area contributed by atoms with Gasteiger partial charge in [0.05, 0.1) is 0 Å². The number of aromatic nitrogens is 1. The molecule has 2 rings (SSSR count). The summed E-state index contributed by atoms with van der Waals surface area (Å²) < 4.78 is 1.70. The second-order valence-electron chi connectivity index (χ2n) is 3.28. The van der Waals surface area contributed by atoms with Gasteiger partial charge in [-0.3, -0.25) is 0 Å². The van der Waals surface area contributed by atoms with Crippen LogP contribution in [0, 0.1) is 13.0 Å². The van der Waals surface area contributed by atoms with Gasteiger partial charge >= 0.3 is 5.97 Å². The van der Waals surface area contributed by atoms with E-state index in [2.05, 4.69) is 6.07 Å². The Balaban J connectivity index is 2.92. The molecular formula is C11H10NO2. The predicted molar refractivity (Wildman–Crippen MR) is 53.5 cm³/mol. The molecule has 2 aromatic rings. The summed E-state index contributed by atoms with van der Waals surface area (Å²) in [4.78, 5) is 11.0. The fraction of sp³-hybridized carbons (Fsp3) is 0.182. The van der Waals surface area contributed by atoms with Gasteiger partial charge in [-0.2, -0.15) is 0 Å². The number of rotatable bonds is 1. The number of nitrogens with zero attached hydrogens (tertiary/aromatic N) is 1. The number of aromatic carboxylic acids is 1. The smallest absolute Gasteiger partial charge is 0.352 e. The van der Waals surface area contributed by atoms with E-state index < -0.39 is 5.97 Å². The zero-order valence-electron chi connectivity index (χ0n) is 8.03. The maximum absolute atomic E-state index is 11.0. The van der Waals surface area contributed by atoms with Gasteiger partial charge in [-0.1, -0.05) is 6.07 Å². The molecule has 0 atom stereocenters. The molecule has 1 heterocycles. The molecule has 1 radical (unpaired) electrons. The molecule has 1 aromatic heterocycles. The molecule has 0 unspecified atom stereocenters. The zero-order chi connectivity index (χ0) is 10.3. The molecule has 0 saturated heterocycles. The first-order valence-electron chi connectivity index (χ1n) is 4.31. The van der Waals surface area contributed by atoms with Crippen molar-refractivity contribution < 1.29 is 9.90 Å². The number of benzene rings is 1. The third-order valence-corrected chi connectivity index (χ3v) is 2.50. The van der Waals surface area contributed by atoms with E-state index in [-0.39, 0.29) is 0 Å². The van der Waals surface area contributed by atoms with Crippen LogP contribution in [0.3, 0.4) is 0 Å². The summed E-state index contributed by atoms with van der Waals surface area (Å²) in [5, 5.41) is 9.97. The van der Waals surface area contributed by atoms with Crippen molar-refractivity contribution in [2.24, 2.45) is 7.05 Å². The van der Waals surface area contributed by atoms with Crippen LogP contribution in [0.2, 0.25) is 0 Å². The molecule has 0 saturated carbocycles. The van der Waals surface area contributed by atoms with Crippen molar-refractivity contribution in [2.45, 2.75) is 6.92 Å². The Bertz CT molecular complexity index is 472. The average molecular weight is 188 g/mol. The molecule has 0 spiro atoms. The van der Waals surface area contributed by atoms with E-state index in [0.717, 1.165) is 16.5 Å². The minimum atomic E-state index is -0.888. The number of carboxylic acids is 1. The Morgan fingerprint density at radius 1 is 1.57 bits per heavy atom. The minimum Gasteiger partial charge on any atom is -0.477 e. The molecule has 0 bridgehead atoms. The summed E-state index contributed by atoms with van der Waals surface area (Å²) >= 11 is 0. The van der Waals surface area contributed by atoms with Gasteiger partial charge in [0.25, 0.3) is 0 Å². The molecule has 1 N–H and O–H groups in total. The SMILES string of the molecule is Cc1c(C(=O)O)n(C)c2cc[c]cc12. The highest BCUT2D eigenvalue weighted by Gasteiger charge is 2.16. The highest BCUT2D eigenvalue weighted by molar-refractivity contribution is 5.97. The number of aryl methyl sites for hydroxylation is 2. The van der Waals surface area contributed by atoms with Crippen LogP contribution in [-0.4, -0.2) is 15.6 Å². The summed E-state index contributed by atoms with van der Waals surface area (Å²) in [5.74, 6) is -0.888. The maximum atomic E-state index is 11.0. The van der Waals surface area contributed by atoms with E-state index in [9.17, 15) is 4.79 Å². The molecule has 0 amide bonds. The molecule has 3 heteroatoms. The highest BCUT2D eigenvalue weighted by atomic mass is 16.4. The van der Waals surface area contributed by atoms with Gasteiger partial charge in [0, 0.05) is 18.0 Å². The standard InChI is InChI=1S/C11H10NO2/c1-7-8-5-3-4-6-9(8)12(2)10(7)11(13)14/h4-6H,1-2H3,(H,13,14). The van der Waals surface area contributed by atoms with Crippen LogP contribution < -0.4 is 0 Å². The fourth-order valence-corrected chi connectivity index (χ4v) is 1.82. The largest absolute Gasteiger partial charge is 0.477 e. The van der Waals surface area contributed by atoms with Gasteiger partial charge < -0.3 is 9.67 Å². The molecule has 0 fully saturated rings. The highest BCUT2D eigenvalue weighted by Crippen LogP contribution is 2.23. The zero-order valence-corrected chi connectivity index (χ0v) is 8.03. The molecule has 14 heavy (non-hydrogen) atoms. The van der Waals surface area contributed by atoms with Gasteiger partial charge in [0.2, 0.25) is 0 Å². The Labute approximate surface area is 81.6 Å². The second-order valence-corrected chi connectivity index (χ2v) is 3.28. The summed E-state index contributed by atoms with van der Waals surface area (Å²) in [6, 6.07) is 8.42. The number of carboxylic acid groups (broad SMARTS) is 1. The lowest BCUT2D eigenvalue weighted by molar-refractivity contribution is 0.0686. The van der Waals surface area contributed by atoms with Crippen LogP contribution >= 0.6 is 0 Å². The predicted octanol–water partition coefficient (Wildman–Crippen LogP) is 1.99. The third kappa shape index (κ3) is 1.02. The molecule has 3 nitrogen and oxygen atoms in total. The number of carbonyl (C=O) groups is 1. The van der Waals surface area contributed by atoms with Gasteiger partial charge in [-0.05, 0) is 30.7 Å². The topological polar surface area (TPSA) is 42.2 Å². The molecule has 0 aliphatic carbocycles. The van der Waals surface area contributed by atoms with E-state index in [4.69, 9.17) is 5.11 Å². The van der Waals surface area contributed by atoms with Crippen LogP contribution in [0.5, 0.6) is 0 Å². The van der Waals surface area contributed by atoms with Gasteiger partial charge in [0.1, 0.15) is 5.69 Å². The lowest BCUT2D eigenvalue weighted by Crippen LogP contribution is -2.05. The van der Waals surface area contributed by atoms with Gasteiger partial charge in [0.15, 0.2) is 0 Å². The average Bonchev–Trinajstić information content (AvgIpc) is 2.41. The molecule has 0 aliphatic heterocycles. The molecule has 1 aromatic carbocycles. The summed E-state index contributed by atoms with van der Waals surface area (Å²) in [6.45, 7) is 1.82. The fourth-order valence-electron chi connectivity index (χ4n) is 1.82.